The Hall–Kier alpha value is -3.89. The Bertz CT molecular complexity index is 1180. The third-order valence-electron chi connectivity index (χ3n) is 5.85. The zero-order chi connectivity index (χ0) is 24.9. The fraction of sp³-hybridized carbons (Fsp3) is 0.296. The molecule has 0 spiro atoms. The summed E-state index contributed by atoms with van der Waals surface area (Å²) < 4.78 is 1.60. The molecule has 0 fully saturated rings. The first-order valence-corrected chi connectivity index (χ1v) is 11.0. The molecule has 7 nitrogen and oxygen atoms in total. The molecular weight excluding hydrogens is 430 g/mol. The number of nitriles is 1. The number of hydrogen-bond donors (Lipinski definition) is 3. The van der Waals surface area contributed by atoms with Crippen LogP contribution in [0.2, 0.25) is 0 Å². The van der Waals surface area contributed by atoms with E-state index in [0.717, 1.165) is 22.3 Å². The van der Waals surface area contributed by atoms with Gasteiger partial charge in [0.1, 0.15) is 6.04 Å². The summed E-state index contributed by atoms with van der Waals surface area (Å²) in [6.07, 6.45) is 3.08. The zero-order valence-corrected chi connectivity index (χ0v) is 19.5. The summed E-state index contributed by atoms with van der Waals surface area (Å²) in [6.45, 7) is 5.46. The number of rotatable bonds is 8. The Balaban J connectivity index is 1.82. The van der Waals surface area contributed by atoms with Crippen LogP contribution >= 0.6 is 0 Å². The van der Waals surface area contributed by atoms with E-state index in [1.165, 1.54) is 0 Å². The third-order valence-corrected chi connectivity index (χ3v) is 5.85. The third kappa shape index (κ3) is 5.91. The molecule has 0 aliphatic rings. The highest BCUT2D eigenvalue weighted by atomic mass is 16.4. The molecule has 0 bridgehead atoms. The number of aliphatic hydroxyl groups excluding tert-OH is 1. The average Bonchev–Trinajstić information content (AvgIpc) is 3.30. The monoisotopic (exact) mass is 459 g/mol. The van der Waals surface area contributed by atoms with Crippen molar-refractivity contribution < 1.29 is 19.8 Å². The maximum absolute atomic E-state index is 13.0. The Morgan fingerprint density at radius 2 is 1.50 bits per heavy atom. The van der Waals surface area contributed by atoms with Crippen LogP contribution in [0.15, 0.2) is 67.0 Å². The van der Waals surface area contributed by atoms with Crippen molar-refractivity contribution in [3.05, 3.63) is 72.6 Å². The Labute approximate surface area is 199 Å². The van der Waals surface area contributed by atoms with Crippen molar-refractivity contribution >= 4 is 11.9 Å². The van der Waals surface area contributed by atoms with Gasteiger partial charge in [-0.05, 0) is 45.9 Å². The first kappa shape index (κ1) is 24.7. The van der Waals surface area contributed by atoms with Crippen LogP contribution in [0.25, 0.3) is 22.3 Å². The molecule has 3 aromatic rings. The Morgan fingerprint density at radius 1 is 0.971 bits per heavy atom. The normalized spacial score (nSPS) is 13.0. The van der Waals surface area contributed by atoms with Gasteiger partial charge < -0.3 is 20.1 Å². The average molecular weight is 460 g/mol. The van der Waals surface area contributed by atoms with Crippen molar-refractivity contribution in [2.75, 3.05) is 6.61 Å². The van der Waals surface area contributed by atoms with Crippen LogP contribution in [0.4, 0.5) is 0 Å². The van der Waals surface area contributed by atoms with E-state index in [1.54, 1.807) is 29.1 Å². The summed E-state index contributed by atoms with van der Waals surface area (Å²) >= 11 is 0. The van der Waals surface area contributed by atoms with E-state index in [9.17, 15) is 19.8 Å². The number of aromatic nitrogens is 1. The summed E-state index contributed by atoms with van der Waals surface area (Å²) in [5.74, 6) is -1.53. The molecule has 0 unspecified atom stereocenters. The lowest BCUT2D eigenvalue weighted by molar-refractivity contribution is -0.141. The first-order chi connectivity index (χ1) is 16.1. The van der Waals surface area contributed by atoms with Gasteiger partial charge in [-0.25, -0.2) is 0 Å². The second-order valence-electron chi connectivity index (χ2n) is 9.34. The van der Waals surface area contributed by atoms with Crippen molar-refractivity contribution in [3.63, 3.8) is 0 Å². The minimum atomic E-state index is -1.08. The fourth-order valence-corrected chi connectivity index (χ4v) is 3.67. The smallest absolute Gasteiger partial charge is 0.306 e. The summed E-state index contributed by atoms with van der Waals surface area (Å²) in [6, 6.07) is 17.7. The van der Waals surface area contributed by atoms with Gasteiger partial charge in [-0.15, -0.1) is 0 Å². The minimum absolute atomic E-state index is 0.239. The van der Waals surface area contributed by atoms with Crippen molar-refractivity contribution in [1.29, 1.82) is 5.26 Å². The van der Waals surface area contributed by atoms with Crippen molar-refractivity contribution in [3.8, 4) is 28.3 Å². The molecule has 2 aromatic carbocycles. The summed E-state index contributed by atoms with van der Waals surface area (Å²) in [7, 11) is 0. The number of carbonyl (C=O) groups excluding carboxylic acids is 1. The van der Waals surface area contributed by atoms with Crippen LogP contribution in [0.5, 0.6) is 0 Å². The highest BCUT2D eigenvalue weighted by Crippen LogP contribution is 2.27. The lowest BCUT2D eigenvalue weighted by atomic mass is 9.87. The maximum Gasteiger partial charge on any atom is 0.306 e. The van der Waals surface area contributed by atoms with Crippen LogP contribution in [0.3, 0.4) is 0 Å². The predicted octanol–water partition coefficient (Wildman–Crippen LogP) is 4.23. The van der Waals surface area contributed by atoms with Gasteiger partial charge in [0.25, 0.3) is 0 Å². The van der Waals surface area contributed by atoms with E-state index in [2.05, 4.69) is 11.4 Å². The second kappa shape index (κ2) is 10.4. The van der Waals surface area contributed by atoms with Crippen molar-refractivity contribution in [2.45, 2.75) is 39.3 Å². The molecule has 176 valence electrons. The highest BCUT2D eigenvalue weighted by Gasteiger charge is 2.30. The predicted molar refractivity (Wildman–Crippen MR) is 130 cm³/mol. The van der Waals surface area contributed by atoms with Gasteiger partial charge >= 0.3 is 5.97 Å². The molecule has 1 aromatic heterocycles. The lowest BCUT2D eigenvalue weighted by Gasteiger charge is -2.31. The van der Waals surface area contributed by atoms with E-state index < -0.39 is 24.0 Å². The number of carboxylic acid groups (broad SMARTS) is 1. The van der Waals surface area contributed by atoms with Gasteiger partial charge in [0.15, 0.2) is 0 Å². The molecule has 34 heavy (non-hydrogen) atoms. The number of nitrogens with zero attached hydrogens (tertiary/aromatic N) is 2. The van der Waals surface area contributed by atoms with Crippen LogP contribution < -0.4 is 5.32 Å². The molecule has 1 heterocycles. The number of carboxylic acids is 1. The molecule has 2 atom stereocenters. The van der Waals surface area contributed by atoms with Crippen LogP contribution in [-0.4, -0.2) is 39.3 Å². The standard InChI is InChI=1S/C27H29N3O4/c1-27(2,3)24(17-31)29-26(34)23(14-25(32)33)30-13-12-22(16-30)21-10-8-20(9-11-21)19-6-4-18(15-28)5-7-19/h4-13,16,23-24,31H,14,17H2,1-3H3,(H,29,34)(H,32,33)/t23-,24-/m1/s1. The molecular formula is C27H29N3O4. The number of nitrogens with one attached hydrogen (secondary N) is 1. The molecule has 0 radical (unpaired) electrons. The number of aliphatic hydroxyl groups is 1. The summed E-state index contributed by atoms with van der Waals surface area (Å²) in [5.41, 5.74) is 4.01. The molecule has 3 N–H and O–H groups in total. The van der Waals surface area contributed by atoms with Crippen molar-refractivity contribution in [1.82, 2.24) is 9.88 Å². The quantitative estimate of drug-likeness (QED) is 0.466. The molecule has 1 amide bonds. The van der Waals surface area contributed by atoms with Crippen LogP contribution in [0, 0.1) is 16.7 Å². The van der Waals surface area contributed by atoms with Gasteiger partial charge in [0.2, 0.25) is 5.91 Å². The molecule has 0 aliphatic heterocycles. The van der Waals surface area contributed by atoms with E-state index in [1.807, 2.05) is 63.2 Å². The van der Waals surface area contributed by atoms with Crippen LogP contribution in [0.1, 0.15) is 38.8 Å². The first-order valence-electron chi connectivity index (χ1n) is 11.0. The minimum Gasteiger partial charge on any atom is -0.481 e. The molecule has 0 saturated carbocycles. The van der Waals surface area contributed by atoms with E-state index in [4.69, 9.17) is 5.26 Å². The fourth-order valence-electron chi connectivity index (χ4n) is 3.67. The van der Waals surface area contributed by atoms with E-state index in [-0.39, 0.29) is 18.4 Å². The highest BCUT2D eigenvalue weighted by molar-refractivity contribution is 5.85. The summed E-state index contributed by atoms with van der Waals surface area (Å²) in [4.78, 5) is 24.4. The number of carbonyl (C=O) groups is 2. The second-order valence-corrected chi connectivity index (χ2v) is 9.34. The zero-order valence-electron chi connectivity index (χ0n) is 19.5. The Morgan fingerprint density at radius 3 is 1.97 bits per heavy atom. The van der Waals surface area contributed by atoms with Crippen molar-refractivity contribution in [2.24, 2.45) is 5.41 Å². The molecule has 3 rings (SSSR count). The molecule has 0 aliphatic carbocycles. The molecule has 0 saturated heterocycles. The number of benzene rings is 2. The maximum atomic E-state index is 13.0. The van der Waals surface area contributed by atoms with Gasteiger partial charge in [-0.1, -0.05) is 57.2 Å². The van der Waals surface area contributed by atoms with Gasteiger partial charge in [0, 0.05) is 12.4 Å². The number of hydrogen-bond acceptors (Lipinski definition) is 4. The van der Waals surface area contributed by atoms with Gasteiger partial charge in [-0.3, -0.25) is 9.59 Å². The number of aliphatic carboxylic acids is 1. The lowest BCUT2D eigenvalue weighted by Crippen LogP contribution is -2.48. The van der Waals surface area contributed by atoms with E-state index in [0.29, 0.717) is 5.56 Å². The van der Waals surface area contributed by atoms with Gasteiger partial charge in [-0.2, -0.15) is 5.26 Å². The Kier molecular flexibility index (Phi) is 7.54. The summed E-state index contributed by atoms with van der Waals surface area (Å²) in [5, 5.41) is 30.8. The van der Waals surface area contributed by atoms with E-state index >= 15 is 0 Å². The molecule has 7 heteroatoms. The number of amides is 1. The van der Waals surface area contributed by atoms with Gasteiger partial charge in [0.05, 0.1) is 30.7 Å². The van der Waals surface area contributed by atoms with Crippen LogP contribution in [-0.2, 0) is 9.59 Å². The SMILES string of the molecule is CC(C)(C)[C@@H](CO)NC(=O)[C@@H](CC(=O)O)n1ccc(-c2ccc(-c3ccc(C#N)cc3)cc2)c1. The topological polar surface area (TPSA) is 115 Å². The largest absolute Gasteiger partial charge is 0.481 e.